The van der Waals surface area contributed by atoms with E-state index in [0.29, 0.717) is 17.4 Å². The molecule has 160 valence electrons. The molecule has 1 fully saturated rings. The number of anilines is 1. The van der Waals surface area contributed by atoms with Crippen LogP contribution < -0.4 is 9.64 Å². The Morgan fingerprint density at radius 1 is 1.00 bits per heavy atom. The molecular weight excluding hydrogens is 414 g/mol. The molecule has 31 heavy (non-hydrogen) atoms. The van der Waals surface area contributed by atoms with Gasteiger partial charge in [0.2, 0.25) is 0 Å². The number of benzene rings is 2. The Balaban J connectivity index is 1.29. The molecule has 0 spiro atoms. The molecule has 1 aliphatic heterocycles. The minimum absolute atomic E-state index is 0.253. The van der Waals surface area contributed by atoms with Crippen LogP contribution in [0.3, 0.4) is 0 Å². The van der Waals surface area contributed by atoms with E-state index in [4.69, 9.17) is 16.3 Å². The average Bonchev–Trinajstić information content (AvgIpc) is 2.80. The van der Waals surface area contributed by atoms with Crippen molar-refractivity contribution in [3.05, 3.63) is 88.6 Å². The van der Waals surface area contributed by atoms with Gasteiger partial charge in [-0.05, 0) is 35.9 Å². The standard InChI is InChI=1S/C24H24ClN3O3/c25-22-6-2-1-4-19(22)17-31-20-9-7-18(8-10-20)16-27-12-14-28(15-13-27)23-21(24(29)30)5-3-11-26-23/h1-11H,12-17H2,(H,29,30). The van der Waals surface area contributed by atoms with Gasteiger partial charge in [0.1, 0.15) is 23.7 Å². The van der Waals surface area contributed by atoms with Crippen molar-refractivity contribution in [3.63, 3.8) is 0 Å². The second-order valence-electron chi connectivity index (χ2n) is 7.47. The number of carboxylic acid groups (broad SMARTS) is 1. The lowest BCUT2D eigenvalue weighted by atomic mass is 10.1. The van der Waals surface area contributed by atoms with Crippen LogP contribution in [-0.2, 0) is 13.2 Å². The Hall–Kier alpha value is -3.09. The fourth-order valence-electron chi connectivity index (χ4n) is 3.66. The van der Waals surface area contributed by atoms with Crippen LogP contribution in [0.15, 0.2) is 66.9 Å². The number of piperazine rings is 1. The summed E-state index contributed by atoms with van der Waals surface area (Å²) in [5, 5.41) is 10.1. The Morgan fingerprint density at radius 3 is 2.45 bits per heavy atom. The predicted octanol–water partition coefficient (Wildman–Crippen LogP) is 4.33. The molecule has 1 aliphatic rings. The normalized spacial score (nSPS) is 14.4. The molecule has 0 bridgehead atoms. The number of hydrogen-bond donors (Lipinski definition) is 1. The minimum atomic E-state index is -0.942. The molecule has 2 heterocycles. The molecule has 0 radical (unpaired) electrons. The van der Waals surface area contributed by atoms with E-state index in [0.717, 1.165) is 44.0 Å². The van der Waals surface area contributed by atoms with E-state index in [-0.39, 0.29) is 5.56 Å². The smallest absolute Gasteiger partial charge is 0.339 e. The number of nitrogens with zero attached hydrogens (tertiary/aromatic N) is 3. The van der Waals surface area contributed by atoms with Crippen LogP contribution in [0.1, 0.15) is 21.5 Å². The Morgan fingerprint density at radius 2 is 1.74 bits per heavy atom. The number of carboxylic acids is 1. The van der Waals surface area contributed by atoms with E-state index in [9.17, 15) is 9.90 Å². The van der Waals surface area contributed by atoms with Gasteiger partial charge in [-0.1, -0.05) is 41.9 Å². The summed E-state index contributed by atoms with van der Waals surface area (Å²) in [5.74, 6) is 0.418. The highest BCUT2D eigenvalue weighted by atomic mass is 35.5. The predicted molar refractivity (Wildman–Crippen MR) is 121 cm³/mol. The third kappa shape index (κ3) is 5.34. The van der Waals surface area contributed by atoms with Crippen LogP contribution in [0.25, 0.3) is 0 Å². The van der Waals surface area contributed by atoms with Crippen molar-refractivity contribution in [2.75, 3.05) is 31.1 Å². The maximum absolute atomic E-state index is 11.4. The second kappa shape index (κ2) is 9.81. The summed E-state index contributed by atoms with van der Waals surface area (Å²) in [6, 6.07) is 19.1. The zero-order chi connectivity index (χ0) is 21.6. The lowest BCUT2D eigenvalue weighted by Gasteiger charge is -2.35. The molecule has 7 heteroatoms. The molecule has 0 saturated carbocycles. The van der Waals surface area contributed by atoms with Gasteiger partial charge in [0.25, 0.3) is 0 Å². The summed E-state index contributed by atoms with van der Waals surface area (Å²) in [4.78, 5) is 20.1. The number of ether oxygens (including phenoxy) is 1. The van der Waals surface area contributed by atoms with Crippen molar-refractivity contribution in [1.82, 2.24) is 9.88 Å². The van der Waals surface area contributed by atoms with Crippen molar-refractivity contribution in [2.24, 2.45) is 0 Å². The molecule has 2 aromatic carbocycles. The van der Waals surface area contributed by atoms with Gasteiger partial charge in [-0.25, -0.2) is 9.78 Å². The number of rotatable bonds is 7. The quantitative estimate of drug-likeness (QED) is 0.593. The number of halogens is 1. The maximum atomic E-state index is 11.4. The highest BCUT2D eigenvalue weighted by Gasteiger charge is 2.22. The van der Waals surface area contributed by atoms with Crippen LogP contribution in [0.5, 0.6) is 5.75 Å². The molecule has 4 rings (SSSR count). The van der Waals surface area contributed by atoms with E-state index in [1.54, 1.807) is 18.3 Å². The van der Waals surface area contributed by atoms with Gasteiger partial charge < -0.3 is 14.7 Å². The first-order chi connectivity index (χ1) is 15.1. The van der Waals surface area contributed by atoms with Crippen LogP contribution >= 0.6 is 11.6 Å². The third-order valence-corrected chi connectivity index (χ3v) is 5.74. The maximum Gasteiger partial charge on any atom is 0.339 e. The lowest BCUT2D eigenvalue weighted by Crippen LogP contribution is -2.46. The van der Waals surface area contributed by atoms with Crippen molar-refractivity contribution in [2.45, 2.75) is 13.2 Å². The summed E-state index contributed by atoms with van der Waals surface area (Å²) >= 11 is 6.18. The molecule has 1 aromatic heterocycles. The van der Waals surface area contributed by atoms with Crippen LogP contribution in [0.4, 0.5) is 5.82 Å². The summed E-state index contributed by atoms with van der Waals surface area (Å²) < 4.78 is 5.85. The third-order valence-electron chi connectivity index (χ3n) is 5.37. The van der Waals surface area contributed by atoms with Crippen molar-refractivity contribution < 1.29 is 14.6 Å². The minimum Gasteiger partial charge on any atom is -0.489 e. The zero-order valence-corrected chi connectivity index (χ0v) is 17.8. The van der Waals surface area contributed by atoms with Gasteiger partial charge in [0.05, 0.1) is 0 Å². The van der Waals surface area contributed by atoms with Gasteiger partial charge in [-0.15, -0.1) is 0 Å². The average molecular weight is 438 g/mol. The molecule has 1 saturated heterocycles. The van der Waals surface area contributed by atoms with Crippen LogP contribution in [0.2, 0.25) is 5.02 Å². The Bertz CT molecular complexity index is 1030. The SMILES string of the molecule is O=C(O)c1cccnc1N1CCN(Cc2ccc(OCc3ccccc3Cl)cc2)CC1. The molecule has 0 amide bonds. The summed E-state index contributed by atoms with van der Waals surface area (Å²) in [7, 11) is 0. The topological polar surface area (TPSA) is 65.9 Å². The summed E-state index contributed by atoms with van der Waals surface area (Å²) in [6.45, 7) is 4.47. The Kier molecular flexibility index (Phi) is 6.70. The van der Waals surface area contributed by atoms with E-state index < -0.39 is 5.97 Å². The highest BCUT2D eigenvalue weighted by Crippen LogP contribution is 2.21. The van der Waals surface area contributed by atoms with Gasteiger partial charge in [0.15, 0.2) is 0 Å². The molecule has 3 aromatic rings. The number of hydrogen-bond acceptors (Lipinski definition) is 5. The molecule has 0 atom stereocenters. The highest BCUT2D eigenvalue weighted by molar-refractivity contribution is 6.31. The van der Waals surface area contributed by atoms with Crippen molar-refractivity contribution in [3.8, 4) is 5.75 Å². The van der Waals surface area contributed by atoms with E-state index in [1.165, 1.54) is 5.56 Å². The second-order valence-corrected chi connectivity index (χ2v) is 7.87. The number of pyridine rings is 1. The first-order valence-electron chi connectivity index (χ1n) is 10.2. The fraction of sp³-hybridized carbons (Fsp3) is 0.250. The lowest BCUT2D eigenvalue weighted by molar-refractivity contribution is 0.0697. The first kappa shape index (κ1) is 21.2. The zero-order valence-electron chi connectivity index (χ0n) is 17.1. The molecule has 6 nitrogen and oxygen atoms in total. The van der Waals surface area contributed by atoms with Gasteiger partial charge in [0, 0.05) is 49.5 Å². The van der Waals surface area contributed by atoms with Crippen molar-refractivity contribution in [1.29, 1.82) is 0 Å². The van der Waals surface area contributed by atoms with Gasteiger partial charge in [-0.3, -0.25) is 4.90 Å². The molecular formula is C24H24ClN3O3. The van der Waals surface area contributed by atoms with E-state index in [1.807, 2.05) is 41.3 Å². The monoisotopic (exact) mass is 437 g/mol. The first-order valence-corrected chi connectivity index (χ1v) is 10.6. The van der Waals surface area contributed by atoms with Crippen molar-refractivity contribution >= 4 is 23.4 Å². The number of aromatic carboxylic acids is 1. The molecule has 1 N–H and O–H groups in total. The Labute approximate surface area is 186 Å². The van der Waals surface area contributed by atoms with Gasteiger partial charge >= 0.3 is 5.97 Å². The largest absolute Gasteiger partial charge is 0.489 e. The van der Waals surface area contributed by atoms with Gasteiger partial charge in [-0.2, -0.15) is 0 Å². The van der Waals surface area contributed by atoms with Crippen LogP contribution in [0, 0.1) is 0 Å². The molecule has 0 unspecified atom stereocenters. The number of aromatic nitrogens is 1. The summed E-state index contributed by atoms with van der Waals surface area (Å²) in [5.41, 5.74) is 2.43. The summed E-state index contributed by atoms with van der Waals surface area (Å²) in [6.07, 6.45) is 1.64. The van der Waals surface area contributed by atoms with E-state index in [2.05, 4.69) is 22.0 Å². The fourth-order valence-corrected chi connectivity index (χ4v) is 3.85. The number of carbonyl (C=O) groups is 1. The van der Waals surface area contributed by atoms with E-state index >= 15 is 0 Å². The van der Waals surface area contributed by atoms with Crippen LogP contribution in [-0.4, -0.2) is 47.1 Å². The molecule has 0 aliphatic carbocycles.